The van der Waals surface area contributed by atoms with Crippen molar-refractivity contribution in [3.63, 3.8) is 0 Å². The molecule has 3 N–H and O–H groups in total. The summed E-state index contributed by atoms with van der Waals surface area (Å²) in [6, 6.07) is 12.3. The molecule has 0 aliphatic rings. The number of nitrogens with two attached hydrogens (primary N) is 1. The van der Waals surface area contributed by atoms with Crippen LogP contribution in [0.25, 0.3) is 0 Å². The third-order valence-corrected chi connectivity index (χ3v) is 2.23. The first-order chi connectivity index (χ1) is 7.63. The average Bonchev–Trinajstić information content (AvgIpc) is 2.15. The number of anilines is 3. The maximum absolute atomic E-state index is 13.1. The highest BCUT2D eigenvalue weighted by Crippen LogP contribution is 2.20. The van der Waals surface area contributed by atoms with Gasteiger partial charge in [-0.15, -0.1) is 0 Å². The van der Waals surface area contributed by atoms with Crippen molar-refractivity contribution in [3.05, 3.63) is 53.8 Å². The molecule has 0 amide bonds. The molecule has 16 heavy (non-hydrogen) atoms. The van der Waals surface area contributed by atoms with Crippen molar-refractivity contribution in [1.82, 2.24) is 0 Å². The van der Waals surface area contributed by atoms with Crippen LogP contribution >= 0.6 is 0 Å². The molecule has 0 aliphatic heterocycles. The van der Waals surface area contributed by atoms with E-state index in [1.165, 1.54) is 12.1 Å². The monoisotopic (exact) mass is 216 g/mol. The molecule has 0 fully saturated rings. The fourth-order valence-corrected chi connectivity index (χ4v) is 1.57. The molecule has 0 aromatic heterocycles. The number of benzene rings is 2. The predicted octanol–water partition coefficient (Wildman–Crippen LogP) is 3.46. The molecule has 2 aromatic rings. The molecule has 0 aliphatic carbocycles. The molecule has 0 heterocycles. The zero-order valence-electron chi connectivity index (χ0n) is 9.00. The molecule has 0 saturated carbocycles. The van der Waals surface area contributed by atoms with Gasteiger partial charge in [0.25, 0.3) is 0 Å². The maximum atomic E-state index is 13.1. The molecule has 2 aromatic carbocycles. The van der Waals surface area contributed by atoms with E-state index in [2.05, 4.69) is 5.32 Å². The van der Waals surface area contributed by atoms with Gasteiger partial charge in [0.15, 0.2) is 0 Å². The Balaban J connectivity index is 2.27. The molecule has 0 saturated heterocycles. The van der Waals surface area contributed by atoms with Gasteiger partial charge in [0, 0.05) is 17.1 Å². The van der Waals surface area contributed by atoms with Crippen LogP contribution in [-0.4, -0.2) is 0 Å². The van der Waals surface area contributed by atoms with Gasteiger partial charge in [0.2, 0.25) is 0 Å². The highest BCUT2D eigenvalue weighted by molar-refractivity contribution is 5.64. The van der Waals surface area contributed by atoms with E-state index in [1.807, 2.05) is 31.2 Å². The summed E-state index contributed by atoms with van der Waals surface area (Å²) in [5, 5.41) is 3.11. The summed E-state index contributed by atoms with van der Waals surface area (Å²) >= 11 is 0. The summed E-state index contributed by atoms with van der Waals surface area (Å²) in [6.45, 7) is 2.01. The largest absolute Gasteiger partial charge is 0.399 e. The third-order valence-electron chi connectivity index (χ3n) is 2.23. The van der Waals surface area contributed by atoms with Crippen molar-refractivity contribution in [2.75, 3.05) is 11.1 Å². The fraction of sp³-hybridized carbons (Fsp3) is 0.0769. The molecule has 3 heteroatoms. The molecular weight excluding hydrogens is 203 g/mol. The van der Waals surface area contributed by atoms with Crippen molar-refractivity contribution in [1.29, 1.82) is 0 Å². The highest BCUT2D eigenvalue weighted by Gasteiger charge is 1.99. The Morgan fingerprint density at radius 1 is 1.06 bits per heavy atom. The number of hydrogen-bond acceptors (Lipinski definition) is 2. The summed E-state index contributed by atoms with van der Waals surface area (Å²) < 4.78 is 13.1. The van der Waals surface area contributed by atoms with Crippen LogP contribution in [0.2, 0.25) is 0 Å². The van der Waals surface area contributed by atoms with Crippen LogP contribution in [-0.2, 0) is 0 Å². The summed E-state index contributed by atoms with van der Waals surface area (Å²) in [5.74, 6) is -0.338. The zero-order chi connectivity index (χ0) is 11.5. The third kappa shape index (κ3) is 2.51. The molecule has 0 unspecified atom stereocenters. The SMILES string of the molecule is Cc1cccc(Nc2cc(N)cc(F)c2)c1. The van der Waals surface area contributed by atoms with E-state index < -0.39 is 0 Å². The fourth-order valence-electron chi connectivity index (χ4n) is 1.57. The van der Waals surface area contributed by atoms with Crippen molar-refractivity contribution in [2.24, 2.45) is 0 Å². The van der Waals surface area contributed by atoms with Crippen LogP contribution < -0.4 is 11.1 Å². The van der Waals surface area contributed by atoms with Crippen molar-refractivity contribution in [2.45, 2.75) is 6.92 Å². The summed E-state index contributed by atoms with van der Waals surface area (Å²) in [4.78, 5) is 0. The van der Waals surface area contributed by atoms with Crippen LogP contribution in [0.4, 0.5) is 21.5 Å². The zero-order valence-corrected chi connectivity index (χ0v) is 9.00. The Kier molecular flexibility index (Phi) is 2.77. The smallest absolute Gasteiger partial charge is 0.127 e. The van der Waals surface area contributed by atoms with E-state index in [1.54, 1.807) is 6.07 Å². The summed E-state index contributed by atoms with van der Waals surface area (Å²) in [5.41, 5.74) is 8.70. The second-order valence-electron chi connectivity index (χ2n) is 3.77. The summed E-state index contributed by atoms with van der Waals surface area (Å²) in [7, 11) is 0. The van der Waals surface area contributed by atoms with Crippen LogP contribution in [0.1, 0.15) is 5.56 Å². The Morgan fingerprint density at radius 3 is 2.56 bits per heavy atom. The number of nitrogens with one attached hydrogen (secondary N) is 1. The van der Waals surface area contributed by atoms with Gasteiger partial charge in [-0.2, -0.15) is 0 Å². The molecular formula is C13H13FN2. The number of rotatable bonds is 2. The van der Waals surface area contributed by atoms with Gasteiger partial charge < -0.3 is 11.1 Å². The van der Waals surface area contributed by atoms with Crippen molar-refractivity contribution in [3.8, 4) is 0 Å². The lowest BCUT2D eigenvalue weighted by molar-refractivity contribution is 0.629. The Bertz CT molecular complexity index is 489. The molecule has 0 radical (unpaired) electrons. The first-order valence-corrected chi connectivity index (χ1v) is 5.03. The van der Waals surface area contributed by atoms with Gasteiger partial charge in [-0.3, -0.25) is 0 Å². The highest BCUT2D eigenvalue weighted by atomic mass is 19.1. The molecule has 2 nitrogen and oxygen atoms in total. The Labute approximate surface area is 93.9 Å². The lowest BCUT2D eigenvalue weighted by atomic mass is 10.2. The molecule has 0 spiro atoms. The quantitative estimate of drug-likeness (QED) is 0.754. The maximum Gasteiger partial charge on any atom is 0.127 e. The van der Waals surface area contributed by atoms with E-state index in [0.717, 1.165) is 11.3 Å². The number of aryl methyl sites for hydroxylation is 1. The minimum Gasteiger partial charge on any atom is -0.399 e. The standard InChI is InChI=1S/C13H13FN2/c1-9-3-2-4-12(5-9)16-13-7-10(14)6-11(15)8-13/h2-8,16H,15H2,1H3. The van der Waals surface area contributed by atoms with Gasteiger partial charge in [0.05, 0.1) is 0 Å². The Morgan fingerprint density at radius 2 is 1.88 bits per heavy atom. The van der Waals surface area contributed by atoms with Crippen LogP contribution in [0.15, 0.2) is 42.5 Å². The van der Waals surface area contributed by atoms with E-state index in [0.29, 0.717) is 11.4 Å². The van der Waals surface area contributed by atoms with E-state index in [9.17, 15) is 4.39 Å². The van der Waals surface area contributed by atoms with Crippen molar-refractivity contribution >= 4 is 17.1 Å². The van der Waals surface area contributed by atoms with E-state index in [-0.39, 0.29) is 5.82 Å². The molecule has 2 rings (SSSR count). The lowest BCUT2D eigenvalue weighted by Crippen LogP contribution is -1.94. The second-order valence-corrected chi connectivity index (χ2v) is 3.77. The second kappa shape index (κ2) is 4.23. The molecule has 0 atom stereocenters. The minimum absolute atomic E-state index is 0.338. The number of hydrogen-bond donors (Lipinski definition) is 2. The van der Waals surface area contributed by atoms with Crippen molar-refractivity contribution < 1.29 is 4.39 Å². The molecule has 82 valence electrons. The van der Waals surface area contributed by atoms with Crippen LogP contribution in [0, 0.1) is 12.7 Å². The predicted molar refractivity (Wildman–Crippen MR) is 65.3 cm³/mol. The van der Waals surface area contributed by atoms with Gasteiger partial charge in [-0.05, 0) is 42.8 Å². The van der Waals surface area contributed by atoms with Crippen LogP contribution in [0.3, 0.4) is 0 Å². The minimum atomic E-state index is -0.338. The normalized spacial score (nSPS) is 10.1. The number of halogens is 1. The lowest BCUT2D eigenvalue weighted by Gasteiger charge is -2.08. The number of nitrogen functional groups attached to an aromatic ring is 1. The van der Waals surface area contributed by atoms with Gasteiger partial charge in [0.1, 0.15) is 5.82 Å². The van der Waals surface area contributed by atoms with Gasteiger partial charge in [-0.1, -0.05) is 12.1 Å². The van der Waals surface area contributed by atoms with Gasteiger partial charge in [-0.25, -0.2) is 4.39 Å². The first-order valence-electron chi connectivity index (χ1n) is 5.03. The average molecular weight is 216 g/mol. The first kappa shape index (κ1) is 10.5. The summed E-state index contributed by atoms with van der Waals surface area (Å²) in [6.07, 6.45) is 0. The van der Waals surface area contributed by atoms with Gasteiger partial charge >= 0.3 is 0 Å². The van der Waals surface area contributed by atoms with E-state index in [4.69, 9.17) is 5.73 Å². The van der Waals surface area contributed by atoms with Crippen LogP contribution in [0.5, 0.6) is 0 Å². The topological polar surface area (TPSA) is 38.0 Å². The molecule has 0 bridgehead atoms. The van der Waals surface area contributed by atoms with E-state index >= 15 is 0 Å². The Hall–Kier alpha value is -2.03.